The minimum atomic E-state index is -0.527. The van der Waals surface area contributed by atoms with Crippen molar-refractivity contribution in [3.05, 3.63) is 59.7 Å². The minimum Gasteiger partial charge on any atom is -0.488 e. The first-order valence-corrected chi connectivity index (χ1v) is 10.4. The fourth-order valence-corrected chi connectivity index (χ4v) is 4.32. The van der Waals surface area contributed by atoms with Crippen LogP contribution in [0.3, 0.4) is 0 Å². The summed E-state index contributed by atoms with van der Waals surface area (Å²) in [5.41, 5.74) is 1.49. The molecule has 2 heterocycles. The molecule has 0 spiro atoms. The van der Waals surface area contributed by atoms with Crippen LogP contribution in [0, 0.1) is 0 Å². The molecular formula is C24H29NO4. The van der Waals surface area contributed by atoms with Crippen LogP contribution in [-0.2, 0) is 21.4 Å². The molecular weight excluding hydrogens is 366 g/mol. The van der Waals surface area contributed by atoms with E-state index >= 15 is 0 Å². The summed E-state index contributed by atoms with van der Waals surface area (Å²) in [4.78, 5) is 13.2. The Hall–Kier alpha value is -2.53. The number of ether oxygens (including phenoxy) is 3. The molecule has 154 valence electrons. The van der Waals surface area contributed by atoms with Gasteiger partial charge in [-0.1, -0.05) is 42.5 Å². The van der Waals surface area contributed by atoms with E-state index < -0.39 is 5.41 Å². The molecule has 0 unspecified atom stereocenters. The van der Waals surface area contributed by atoms with Crippen LogP contribution in [0.5, 0.6) is 11.5 Å². The molecule has 1 N–H and O–H groups in total. The summed E-state index contributed by atoms with van der Waals surface area (Å²) >= 11 is 0. The van der Waals surface area contributed by atoms with Gasteiger partial charge < -0.3 is 19.5 Å². The molecule has 0 aromatic heterocycles. The SMILES string of the molecule is CC1(C)Cc2cccc(OCCNC(=O)C3(c4ccccc4)CCOCC3)c2O1. The maximum absolute atomic E-state index is 13.2. The number of rotatable bonds is 6. The second-order valence-electron chi connectivity index (χ2n) is 8.45. The molecule has 2 aliphatic heterocycles. The Labute approximate surface area is 172 Å². The Morgan fingerprint density at radius 2 is 1.83 bits per heavy atom. The van der Waals surface area contributed by atoms with E-state index in [1.165, 1.54) is 5.56 Å². The van der Waals surface area contributed by atoms with E-state index in [0.29, 0.717) is 39.2 Å². The first-order chi connectivity index (χ1) is 14.0. The van der Waals surface area contributed by atoms with Gasteiger partial charge in [-0.2, -0.15) is 0 Å². The Morgan fingerprint density at radius 1 is 1.07 bits per heavy atom. The zero-order valence-electron chi connectivity index (χ0n) is 17.2. The predicted octanol–water partition coefficient (Wildman–Crippen LogP) is 3.64. The summed E-state index contributed by atoms with van der Waals surface area (Å²) in [6.45, 7) is 6.20. The van der Waals surface area contributed by atoms with Crippen LogP contribution in [0.25, 0.3) is 0 Å². The number of amides is 1. The van der Waals surface area contributed by atoms with Crippen LogP contribution in [0.2, 0.25) is 0 Å². The quantitative estimate of drug-likeness (QED) is 0.759. The third-order valence-corrected chi connectivity index (χ3v) is 5.81. The summed E-state index contributed by atoms with van der Waals surface area (Å²) in [6.07, 6.45) is 2.26. The van der Waals surface area contributed by atoms with Gasteiger partial charge in [-0.05, 0) is 38.3 Å². The van der Waals surface area contributed by atoms with Crippen LogP contribution in [0.4, 0.5) is 0 Å². The lowest BCUT2D eigenvalue weighted by molar-refractivity contribution is -0.130. The van der Waals surface area contributed by atoms with Gasteiger partial charge in [0.25, 0.3) is 0 Å². The Kier molecular flexibility index (Phi) is 5.50. The topological polar surface area (TPSA) is 56.8 Å². The summed E-state index contributed by atoms with van der Waals surface area (Å²) in [6, 6.07) is 16.0. The molecule has 0 radical (unpaired) electrons. The lowest BCUT2D eigenvalue weighted by Crippen LogP contribution is -2.48. The van der Waals surface area contributed by atoms with Crippen LogP contribution in [0.15, 0.2) is 48.5 Å². The third kappa shape index (κ3) is 4.10. The first kappa shape index (κ1) is 19.8. The molecule has 0 atom stereocenters. The largest absolute Gasteiger partial charge is 0.488 e. The highest BCUT2D eigenvalue weighted by Crippen LogP contribution is 2.41. The number of benzene rings is 2. The second kappa shape index (κ2) is 8.07. The lowest BCUT2D eigenvalue weighted by atomic mass is 9.73. The van der Waals surface area contributed by atoms with Crippen molar-refractivity contribution >= 4 is 5.91 Å². The number of nitrogens with one attached hydrogen (secondary N) is 1. The van der Waals surface area contributed by atoms with Crippen LogP contribution in [-0.4, -0.2) is 37.9 Å². The van der Waals surface area contributed by atoms with Gasteiger partial charge in [0.1, 0.15) is 12.2 Å². The zero-order valence-corrected chi connectivity index (χ0v) is 17.2. The summed E-state index contributed by atoms with van der Waals surface area (Å²) in [7, 11) is 0. The Bertz CT molecular complexity index is 856. The number of para-hydroxylation sites is 1. The van der Waals surface area contributed by atoms with Gasteiger partial charge in [-0.25, -0.2) is 0 Å². The fourth-order valence-electron chi connectivity index (χ4n) is 4.32. The van der Waals surface area contributed by atoms with Crippen molar-refractivity contribution in [3.8, 4) is 11.5 Å². The average molecular weight is 395 g/mol. The van der Waals surface area contributed by atoms with E-state index in [-0.39, 0.29) is 11.5 Å². The maximum atomic E-state index is 13.2. The highest BCUT2D eigenvalue weighted by molar-refractivity contribution is 5.88. The molecule has 5 nitrogen and oxygen atoms in total. The molecule has 2 aliphatic rings. The van der Waals surface area contributed by atoms with Gasteiger partial charge in [0, 0.05) is 25.2 Å². The number of hydrogen-bond donors (Lipinski definition) is 1. The van der Waals surface area contributed by atoms with Crippen molar-refractivity contribution in [2.45, 2.75) is 44.1 Å². The van der Waals surface area contributed by atoms with E-state index in [2.05, 4.69) is 25.2 Å². The molecule has 1 saturated heterocycles. The molecule has 4 rings (SSSR count). The molecule has 1 fully saturated rings. The fraction of sp³-hybridized carbons (Fsp3) is 0.458. The van der Waals surface area contributed by atoms with Gasteiger partial charge >= 0.3 is 0 Å². The third-order valence-electron chi connectivity index (χ3n) is 5.81. The summed E-state index contributed by atoms with van der Waals surface area (Å²) in [5.74, 6) is 1.62. The highest BCUT2D eigenvalue weighted by atomic mass is 16.5. The van der Waals surface area contributed by atoms with E-state index in [0.717, 1.165) is 23.5 Å². The Balaban J connectivity index is 1.37. The van der Waals surface area contributed by atoms with Crippen molar-refractivity contribution in [2.75, 3.05) is 26.4 Å². The molecule has 29 heavy (non-hydrogen) atoms. The van der Waals surface area contributed by atoms with E-state index in [1.807, 2.05) is 42.5 Å². The van der Waals surface area contributed by atoms with Crippen LogP contribution in [0.1, 0.15) is 37.8 Å². The molecule has 0 saturated carbocycles. The standard InChI is InChI=1S/C24H29NO4/c1-23(2)17-18-7-6-10-20(21(18)29-23)28-16-13-25-22(26)24(11-14-27-15-12-24)19-8-4-3-5-9-19/h3-10H,11-17H2,1-2H3,(H,25,26). The van der Waals surface area contributed by atoms with Gasteiger partial charge in [0.15, 0.2) is 11.5 Å². The van der Waals surface area contributed by atoms with Gasteiger partial charge in [-0.15, -0.1) is 0 Å². The second-order valence-corrected chi connectivity index (χ2v) is 8.45. The summed E-state index contributed by atoms with van der Waals surface area (Å²) in [5, 5.41) is 3.09. The molecule has 2 aromatic carbocycles. The number of fused-ring (bicyclic) bond motifs is 1. The molecule has 1 amide bonds. The maximum Gasteiger partial charge on any atom is 0.230 e. The van der Waals surface area contributed by atoms with Gasteiger partial charge in [0.05, 0.1) is 12.0 Å². The number of hydrogen-bond acceptors (Lipinski definition) is 4. The van der Waals surface area contributed by atoms with Crippen molar-refractivity contribution in [1.29, 1.82) is 0 Å². The normalized spacial score (nSPS) is 19.1. The van der Waals surface area contributed by atoms with Crippen molar-refractivity contribution in [3.63, 3.8) is 0 Å². The lowest BCUT2D eigenvalue weighted by Gasteiger charge is -2.36. The van der Waals surface area contributed by atoms with Gasteiger partial charge in [0.2, 0.25) is 5.91 Å². The average Bonchev–Trinajstić information content (AvgIpc) is 3.06. The van der Waals surface area contributed by atoms with Crippen LogP contribution >= 0.6 is 0 Å². The Morgan fingerprint density at radius 3 is 2.59 bits per heavy atom. The van der Waals surface area contributed by atoms with Gasteiger partial charge in [-0.3, -0.25) is 4.79 Å². The van der Waals surface area contributed by atoms with E-state index in [9.17, 15) is 4.79 Å². The first-order valence-electron chi connectivity index (χ1n) is 10.4. The van der Waals surface area contributed by atoms with Crippen LogP contribution < -0.4 is 14.8 Å². The monoisotopic (exact) mass is 395 g/mol. The molecule has 0 aliphatic carbocycles. The van der Waals surface area contributed by atoms with Crippen molar-refractivity contribution < 1.29 is 19.0 Å². The smallest absolute Gasteiger partial charge is 0.230 e. The van der Waals surface area contributed by atoms with Crippen molar-refractivity contribution in [1.82, 2.24) is 5.32 Å². The zero-order chi connectivity index (χ0) is 20.3. The number of carbonyl (C=O) groups is 1. The van der Waals surface area contributed by atoms with E-state index in [1.54, 1.807) is 0 Å². The molecule has 0 bridgehead atoms. The van der Waals surface area contributed by atoms with Crippen molar-refractivity contribution in [2.24, 2.45) is 0 Å². The summed E-state index contributed by atoms with van der Waals surface area (Å²) < 4.78 is 17.5. The molecule has 2 aromatic rings. The van der Waals surface area contributed by atoms with E-state index in [4.69, 9.17) is 14.2 Å². The number of carbonyl (C=O) groups excluding carboxylic acids is 1. The molecule has 5 heteroatoms. The highest BCUT2D eigenvalue weighted by Gasteiger charge is 2.41. The minimum absolute atomic E-state index is 0.0475. The predicted molar refractivity (Wildman–Crippen MR) is 112 cm³/mol.